The van der Waals surface area contributed by atoms with Crippen LogP contribution in [0.3, 0.4) is 0 Å². The van der Waals surface area contributed by atoms with Crippen molar-refractivity contribution < 1.29 is 23.0 Å². The Bertz CT molecular complexity index is 1040. The van der Waals surface area contributed by atoms with Gasteiger partial charge in [-0.3, -0.25) is 4.79 Å². The summed E-state index contributed by atoms with van der Waals surface area (Å²) in [6.45, 7) is 3.98. The minimum atomic E-state index is -2.70. The highest BCUT2D eigenvalue weighted by molar-refractivity contribution is 6.06. The fourth-order valence-corrected chi connectivity index (χ4v) is 3.19. The number of ether oxygens (including phenoxy) is 2. The Morgan fingerprint density at radius 1 is 1.14 bits per heavy atom. The molecule has 0 radical (unpaired) electrons. The lowest BCUT2D eigenvalue weighted by atomic mass is 10.1. The Morgan fingerprint density at radius 2 is 1.89 bits per heavy atom. The van der Waals surface area contributed by atoms with Crippen LogP contribution in [0.15, 0.2) is 36.4 Å². The van der Waals surface area contributed by atoms with Crippen LogP contribution in [0.2, 0.25) is 0 Å². The smallest absolute Gasteiger partial charge is 0.295 e. The monoisotopic (exact) mass is 387 g/mol. The van der Waals surface area contributed by atoms with Gasteiger partial charge in [0.2, 0.25) is 0 Å². The van der Waals surface area contributed by atoms with Crippen LogP contribution in [0.4, 0.5) is 14.5 Å². The summed E-state index contributed by atoms with van der Waals surface area (Å²) in [4.78, 5) is 18.9. The molecule has 1 aliphatic heterocycles. The first-order valence-corrected chi connectivity index (χ1v) is 9.04. The summed E-state index contributed by atoms with van der Waals surface area (Å²) >= 11 is 0. The molecule has 2 N–H and O–H groups in total. The molecule has 6 nitrogen and oxygen atoms in total. The number of benzene rings is 2. The van der Waals surface area contributed by atoms with Gasteiger partial charge in [-0.2, -0.15) is 0 Å². The normalized spacial score (nSPS) is 14.6. The number of fused-ring (bicyclic) bond motifs is 2. The van der Waals surface area contributed by atoms with Crippen molar-refractivity contribution in [2.75, 3.05) is 5.32 Å². The maximum atomic E-state index is 12.8. The van der Waals surface area contributed by atoms with Gasteiger partial charge in [0.15, 0.2) is 17.3 Å². The van der Waals surface area contributed by atoms with E-state index in [1.165, 1.54) is 12.1 Å². The summed E-state index contributed by atoms with van der Waals surface area (Å²) in [5.74, 6) is -0.240. The van der Waals surface area contributed by atoms with E-state index in [2.05, 4.69) is 15.3 Å². The summed E-state index contributed by atoms with van der Waals surface area (Å²) < 4.78 is 37.4. The molecule has 0 unspecified atom stereocenters. The highest BCUT2D eigenvalue weighted by atomic mass is 19.3. The second-order valence-electron chi connectivity index (χ2n) is 6.59. The van der Waals surface area contributed by atoms with Crippen LogP contribution in [0, 0.1) is 0 Å². The lowest BCUT2D eigenvalue weighted by molar-refractivity contribution is -0.0843. The molecule has 1 amide bonds. The summed E-state index contributed by atoms with van der Waals surface area (Å²) in [5, 5.41) is 2.79. The van der Waals surface area contributed by atoms with E-state index >= 15 is 0 Å². The van der Waals surface area contributed by atoms with E-state index in [1.54, 1.807) is 24.3 Å². The Kier molecular flexibility index (Phi) is 4.41. The van der Waals surface area contributed by atoms with Crippen molar-refractivity contribution >= 4 is 22.6 Å². The third kappa shape index (κ3) is 3.15. The number of nitrogens with one attached hydrogen (secondary N) is 2. The van der Waals surface area contributed by atoms with Crippen molar-refractivity contribution in [3.8, 4) is 11.5 Å². The number of halogens is 2. The number of anilines is 1. The molecule has 1 aliphatic rings. The van der Waals surface area contributed by atoms with E-state index in [-0.39, 0.29) is 5.91 Å². The molecule has 3 aromatic rings. The van der Waals surface area contributed by atoms with E-state index in [4.69, 9.17) is 9.47 Å². The van der Waals surface area contributed by atoms with E-state index in [0.29, 0.717) is 46.6 Å². The predicted molar refractivity (Wildman–Crippen MR) is 100 cm³/mol. The molecule has 0 bridgehead atoms. The van der Waals surface area contributed by atoms with Crippen LogP contribution in [0.25, 0.3) is 11.0 Å². The van der Waals surface area contributed by atoms with E-state index in [9.17, 15) is 13.6 Å². The maximum absolute atomic E-state index is 12.8. The number of alkyl halides is 2. The van der Waals surface area contributed by atoms with E-state index < -0.39 is 18.0 Å². The van der Waals surface area contributed by atoms with Gasteiger partial charge in [0.05, 0.1) is 11.0 Å². The van der Waals surface area contributed by atoms with Crippen LogP contribution in [0.5, 0.6) is 11.5 Å². The SMILES string of the molecule is CCC1(CC)Oc2ccc(NC(=O)c3ccc4nc(C(F)F)[nH]c4c3)cc2O1. The second-order valence-corrected chi connectivity index (χ2v) is 6.59. The third-order valence-electron chi connectivity index (χ3n) is 4.84. The van der Waals surface area contributed by atoms with Crippen LogP contribution < -0.4 is 14.8 Å². The van der Waals surface area contributed by atoms with Gasteiger partial charge in [0, 0.05) is 30.2 Å². The number of imidazole rings is 1. The molecular weight excluding hydrogens is 368 g/mol. The van der Waals surface area contributed by atoms with Crippen LogP contribution in [0.1, 0.15) is 49.3 Å². The first kappa shape index (κ1) is 18.2. The third-order valence-corrected chi connectivity index (χ3v) is 4.84. The summed E-state index contributed by atoms with van der Waals surface area (Å²) in [6.07, 6.45) is -1.30. The molecule has 0 saturated heterocycles. The lowest BCUT2D eigenvalue weighted by Gasteiger charge is -2.24. The number of carbonyl (C=O) groups excluding carboxylic acids is 1. The van der Waals surface area contributed by atoms with Crippen LogP contribution in [-0.4, -0.2) is 21.7 Å². The largest absolute Gasteiger partial charge is 0.448 e. The van der Waals surface area contributed by atoms with E-state index in [1.807, 2.05) is 13.8 Å². The topological polar surface area (TPSA) is 76.2 Å². The summed E-state index contributed by atoms with van der Waals surface area (Å²) in [5.41, 5.74) is 1.63. The van der Waals surface area contributed by atoms with Crippen molar-refractivity contribution in [1.29, 1.82) is 0 Å². The number of carbonyl (C=O) groups is 1. The van der Waals surface area contributed by atoms with Gasteiger partial charge in [-0.15, -0.1) is 0 Å². The van der Waals surface area contributed by atoms with Gasteiger partial charge in [-0.1, -0.05) is 13.8 Å². The average Bonchev–Trinajstić information content (AvgIpc) is 3.28. The number of rotatable bonds is 5. The number of aromatic amines is 1. The zero-order valence-corrected chi connectivity index (χ0v) is 15.4. The number of nitrogens with zero attached hydrogens (tertiary/aromatic N) is 1. The van der Waals surface area contributed by atoms with Gasteiger partial charge >= 0.3 is 0 Å². The van der Waals surface area contributed by atoms with Gasteiger partial charge < -0.3 is 19.8 Å². The molecule has 0 spiro atoms. The molecule has 146 valence electrons. The Labute approximate surface area is 159 Å². The maximum Gasteiger partial charge on any atom is 0.295 e. The van der Waals surface area contributed by atoms with Crippen molar-refractivity contribution in [3.63, 3.8) is 0 Å². The zero-order chi connectivity index (χ0) is 19.9. The highest BCUT2D eigenvalue weighted by Crippen LogP contribution is 2.43. The van der Waals surface area contributed by atoms with Gasteiger partial charge in [-0.25, -0.2) is 13.8 Å². The molecule has 4 rings (SSSR count). The number of H-pyrrole nitrogens is 1. The highest BCUT2D eigenvalue weighted by Gasteiger charge is 2.38. The number of aromatic nitrogens is 2. The first-order valence-electron chi connectivity index (χ1n) is 9.04. The Hall–Kier alpha value is -3.16. The molecule has 28 heavy (non-hydrogen) atoms. The summed E-state index contributed by atoms with van der Waals surface area (Å²) in [6, 6.07) is 9.76. The first-order chi connectivity index (χ1) is 13.4. The van der Waals surface area contributed by atoms with Crippen molar-refractivity contribution in [2.45, 2.75) is 38.9 Å². The summed E-state index contributed by atoms with van der Waals surface area (Å²) in [7, 11) is 0. The molecular formula is C20H19F2N3O3. The molecule has 8 heteroatoms. The standard InChI is InChI=1S/C20H19F2N3O3/c1-3-20(4-2)27-15-8-6-12(10-16(15)28-20)23-19(26)11-5-7-13-14(9-11)25-18(24-13)17(21)22/h5-10,17H,3-4H2,1-2H3,(H,23,26)(H,24,25). The zero-order valence-electron chi connectivity index (χ0n) is 15.4. The predicted octanol–water partition coefficient (Wildman–Crippen LogP) is 5.04. The molecule has 1 aromatic heterocycles. The number of hydrogen-bond donors (Lipinski definition) is 2. The van der Waals surface area contributed by atoms with Crippen molar-refractivity contribution in [3.05, 3.63) is 47.8 Å². The molecule has 0 aliphatic carbocycles. The van der Waals surface area contributed by atoms with Gasteiger partial charge in [0.1, 0.15) is 0 Å². The fraction of sp³-hybridized carbons (Fsp3) is 0.300. The Balaban J connectivity index is 1.54. The molecule has 0 atom stereocenters. The molecule has 2 aromatic carbocycles. The van der Waals surface area contributed by atoms with Gasteiger partial charge in [-0.05, 0) is 30.3 Å². The van der Waals surface area contributed by atoms with Crippen LogP contribution >= 0.6 is 0 Å². The molecule has 0 fully saturated rings. The molecule has 0 saturated carbocycles. The fourth-order valence-electron chi connectivity index (χ4n) is 3.19. The van der Waals surface area contributed by atoms with E-state index in [0.717, 1.165) is 0 Å². The minimum absolute atomic E-state index is 0.325. The average molecular weight is 387 g/mol. The Morgan fingerprint density at radius 3 is 2.61 bits per heavy atom. The number of hydrogen-bond acceptors (Lipinski definition) is 4. The van der Waals surface area contributed by atoms with Crippen molar-refractivity contribution in [1.82, 2.24) is 9.97 Å². The van der Waals surface area contributed by atoms with Gasteiger partial charge in [0.25, 0.3) is 18.1 Å². The number of amides is 1. The second kappa shape index (κ2) is 6.78. The van der Waals surface area contributed by atoms with Crippen molar-refractivity contribution in [2.24, 2.45) is 0 Å². The quantitative estimate of drug-likeness (QED) is 0.643. The lowest BCUT2D eigenvalue weighted by Crippen LogP contribution is -2.36. The molecule has 2 heterocycles. The minimum Gasteiger partial charge on any atom is -0.448 e. The van der Waals surface area contributed by atoms with Crippen LogP contribution in [-0.2, 0) is 0 Å².